The molecule has 0 saturated carbocycles. The number of hydrogen-bond donors (Lipinski definition) is 1. The minimum Gasteiger partial charge on any atom is -0.334 e. The number of rotatable bonds is 6. The molecule has 0 aromatic carbocycles. The van der Waals surface area contributed by atoms with Crippen molar-refractivity contribution in [2.75, 3.05) is 13.1 Å². The summed E-state index contributed by atoms with van der Waals surface area (Å²) in [4.78, 5) is 4.13. The summed E-state index contributed by atoms with van der Waals surface area (Å²) in [6, 6.07) is 0. The average molecular weight is 221 g/mol. The summed E-state index contributed by atoms with van der Waals surface area (Å²) in [6.07, 6.45) is 7.16. The van der Waals surface area contributed by atoms with Gasteiger partial charge in [-0.05, 0) is 25.0 Å². The Bertz CT molecular complexity index is 337. The van der Waals surface area contributed by atoms with Gasteiger partial charge in [0.15, 0.2) is 0 Å². The second-order valence-corrected chi connectivity index (χ2v) is 4.48. The molecule has 1 heterocycles. The van der Waals surface area contributed by atoms with Crippen LogP contribution in [-0.4, -0.2) is 22.6 Å². The number of aromatic nitrogens is 2. The summed E-state index contributed by atoms with van der Waals surface area (Å²) >= 11 is 0. The molecule has 0 fully saturated rings. The van der Waals surface area contributed by atoms with Crippen LogP contribution in [0, 0.1) is 5.92 Å². The van der Waals surface area contributed by atoms with Crippen LogP contribution in [0.1, 0.15) is 32.9 Å². The fourth-order valence-electron chi connectivity index (χ4n) is 1.53. The molecule has 0 bridgehead atoms. The monoisotopic (exact) mass is 221 g/mol. The first-order valence-corrected chi connectivity index (χ1v) is 6.02. The molecule has 0 aliphatic heterocycles. The van der Waals surface area contributed by atoms with Crippen LogP contribution in [0.3, 0.4) is 0 Å². The maximum absolute atomic E-state index is 4.13. The van der Waals surface area contributed by atoms with Crippen LogP contribution in [0.15, 0.2) is 18.1 Å². The molecule has 16 heavy (non-hydrogen) atoms. The highest BCUT2D eigenvalue weighted by atomic mass is 15.0. The van der Waals surface area contributed by atoms with E-state index in [-0.39, 0.29) is 0 Å². The van der Waals surface area contributed by atoms with Crippen LogP contribution in [0.5, 0.6) is 0 Å². The Hall–Kier alpha value is -1.09. The molecular weight excluding hydrogens is 198 g/mol. The molecule has 0 radical (unpaired) electrons. The van der Waals surface area contributed by atoms with Gasteiger partial charge in [-0.2, -0.15) is 0 Å². The molecule has 0 amide bonds. The van der Waals surface area contributed by atoms with Crippen molar-refractivity contribution >= 4 is 6.08 Å². The predicted octanol–water partition coefficient (Wildman–Crippen LogP) is 2.46. The van der Waals surface area contributed by atoms with Crippen molar-refractivity contribution in [3.05, 3.63) is 23.8 Å². The minimum atomic E-state index is 0.569. The number of nitrogens with one attached hydrogen (secondary N) is 1. The largest absolute Gasteiger partial charge is 0.334 e. The number of aryl methyl sites for hydroxylation is 1. The molecule has 90 valence electrons. The van der Waals surface area contributed by atoms with Gasteiger partial charge in [0.05, 0.1) is 18.2 Å². The second-order valence-electron chi connectivity index (χ2n) is 4.48. The van der Waals surface area contributed by atoms with E-state index in [0.29, 0.717) is 5.92 Å². The summed E-state index contributed by atoms with van der Waals surface area (Å²) in [5, 5.41) is 3.45. The Morgan fingerprint density at radius 3 is 2.81 bits per heavy atom. The molecule has 0 atom stereocenters. The van der Waals surface area contributed by atoms with Crippen LogP contribution >= 0.6 is 0 Å². The highest BCUT2D eigenvalue weighted by Crippen LogP contribution is 2.13. The first kappa shape index (κ1) is 13.0. The van der Waals surface area contributed by atoms with E-state index in [9.17, 15) is 0 Å². The van der Waals surface area contributed by atoms with E-state index in [1.807, 2.05) is 24.1 Å². The van der Waals surface area contributed by atoms with Crippen molar-refractivity contribution in [1.82, 2.24) is 14.9 Å². The third-order valence-corrected chi connectivity index (χ3v) is 2.68. The van der Waals surface area contributed by atoms with Gasteiger partial charge in [0.25, 0.3) is 0 Å². The van der Waals surface area contributed by atoms with Crippen molar-refractivity contribution < 1.29 is 0 Å². The van der Waals surface area contributed by atoms with E-state index >= 15 is 0 Å². The van der Waals surface area contributed by atoms with Gasteiger partial charge < -0.3 is 9.88 Å². The van der Waals surface area contributed by atoms with Crippen LogP contribution in [0.2, 0.25) is 0 Å². The lowest BCUT2D eigenvalue weighted by atomic mass is 10.0. The number of imidazole rings is 1. The zero-order valence-electron chi connectivity index (χ0n) is 10.8. The van der Waals surface area contributed by atoms with Gasteiger partial charge in [0.2, 0.25) is 0 Å². The molecular formula is C13H23N3. The fraction of sp³-hybridized carbons (Fsp3) is 0.615. The molecule has 0 saturated heterocycles. The minimum absolute atomic E-state index is 0.569. The first-order valence-electron chi connectivity index (χ1n) is 6.02. The first-order chi connectivity index (χ1) is 7.65. The normalized spacial score (nSPS) is 12.4. The van der Waals surface area contributed by atoms with Gasteiger partial charge in [0.1, 0.15) is 0 Å². The maximum Gasteiger partial charge on any atom is 0.0948 e. The molecule has 3 heteroatoms. The van der Waals surface area contributed by atoms with Crippen molar-refractivity contribution in [1.29, 1.82) is 0 Å². The van der Waals surface area contributed by atoms with E-state index < -0.39 is 0 Å². The van der Waals surface area contributed by atoms with Gasteiger partial charge in [0, 0.05) is 13.6 Å². The van der Waals surface area contributed by atoms with Crippen LogP contribution in [0.25, 0.3) is 6.08 Å². The van der Waals surface area contributed by atoms with Crippen molar-refractivity contribution in [2.45, 2.75) is 27.2 Å². The molecule has 3 nitrogen and oxygen atoms in total. The maximum atomic E-state index is 4.13. The molecule has 1 aromatic heterocycles. The Balaban J connectivity index is 2.69. The molecule has 1 aromatic rings. The summed E-state index contributed by atoms with van der Waals surface area (Å²) in [5.41, 5.74) is 2.60. The fourth-order valence-corrected chi connectivity index (χ4v) is 1.53. The van der Waals surface area contributed by atoms with Gasteiger partial charge in [-0.15, -0.1) is 0 Å². The molecule has 0 spiro atoms. The lowest BCUT2D eigenvalue weighted by Crippen LogP contribution is -2.20. The molecule has 1 rings (SSSR count). The van der Waals surface area contributed by atoms with Crippen LogP contribution in [0.4, 0.5) is 0 Å². The number of hydrogen-bond acceptors (Lipinski definition) is 2. The quantitative estimate of drug-likeness (QED) is 0.748. The summed E-state index contributed by atoms with van der Waals surface area (Å²) < 4.78 is 2.04. The van der Waals surface area contributed by atoms with E-state index in [1.165, 1.54) is 17.7 Å². The Morgan fingerprint density at radius 2 is 2.31 bits per heavy atom. The summed E-state index contributed by atoms with van der Waals surface area (Å²) in [5.74, 6) is 0.569. The Labute approximate surface area is 98.6 Å². The highest BCUT2D eigenvalue weighted by molar-refractivity contribution is 5.49. The summed E-state index contributed by atoms with van der Waals surface area (Å²) in [6.45, 7) is 8.70. The van der Waals surface area contributed by atoms with Gasteiger partial charge in [-0.25, -0.2) is 4.98 Å². The van der Waals surface area contributed by atoms with E-state index in [2.05, 4.69) is 37.1 Å². The molecule has 0 aliphatic carbocycles. The third-order valence-electron chi connectivity index (χ3n) is 2.68. The van der Waals surface area contributed by atoms with Crippen LogP contribution < -0.4 is 5.32 Å². The molecule has 0 unspecified atom stereocenters. The van der Waals surface area contributed by atoms with E-state index in [0.717, 1.165) is 13.1 Å². The smallest absolute Gasteiger partial charge is 0.0948 e. The Kier molecular flexibility index (Phi) is 5.26. The standard InChI is InChI=1S/C13H23N3/c1-5-6-14-8-12(11(2)3)7-13-9-15-10-16(13)4/h7,9-11,14H,5-6,8H2,1-4H3. The van der Waals surface area contributed by atoms with E-state index in [4.69, 9.17) is 0 Å². The zero-order valence-corrected chi connectivity index (χ0v) is 10.8. The molecule has 0 aliphatic rings. The van der Waals surface area contributed by atoms with Gasteiger partial charge in [-0.1, -0.05) is 26.3 Å². The zero-order chi connectivity index (χ0) is 12.0. The predicted molar refractivity (Wildman–Crippen MR) is 69.2 cm³/mol. The van der Waals surface area contributed by atoms with Crippen molar-refractivity contribution in [3.8, 4) is 0 Å². The van der Waals surface area contributed by atoms with Crippen molar-refractivity contribution in [2.24, 2.45) is 13.0 Å². The topological polar surface area (TPSA) is 29.9 Å². The van der Waals surface area contributed by atoms with Gasteiger partial charge in [-0.3, -0.25) is 0 Å². The Morgan fingerprint density at radius 1 is 1.56 bits per heavy atom. The lowest BCUT2D eigenvalue weighted by Gasteiger charge is -2.12. The summed E-state index contributed by atoms with van der Waals surface area (Å²) in [7, 11) is 2.02. The lowest BCUT2D eigenvalue weighted by molar-refractivity contribution is 0.656. The van der Waals surface area contributed by atoms with Crippen molar-refractivity contribution in [3.63, 3.8) is 0 Å². The molecule has 1 N–H and O–H groups in total. The third kappa shape index (κ3) is 3.81. The van der Waals surface area contributed by atoms with Crippen LogP contribution in [-0.2, 0) is 7.05 Å². The van der Waals surface area contributed by atoms with E-state index in [1.54, 1.807) is 0 Å². The average Bonchev–Trinajstić information content (AvgIpc) is 2.63. The number of nitrogens with zero attached hydrogens (tertiary/aromatic N) is 2. The highest BCUT2D eigenvalue weighted by Gasteiger charge is 2.04. The SMILES string of the molecule is CCCNCC(=Cc1cncn1C)C(C)C. The van der Waals surface area contributed by atoms with Gasteiger partial charge >= 0.3 is 0 Å². The second kappa shape index (κ2) is 6.48.